The van der Waals surface area contributed by atoms with Gasteiger partial charge in [0.15, 0.2) is 0 Å². The number of carboxylic acids is 1. The van der Waals surface area contributed by atoms with E-state index in [1.807, 2.05) is 5.48 Å². The maximum Gasteiger partial charge on any atom is 0.339 e. The summed E-state index contributed by atoms with van der Waals surface area (Å²) in [5.74, 6) is -2.58. The Balaban J connectivity index is 3.29. The zero-order chi connectivity index (χ0) is 12.3. The summed E-state index contributed by atoms with van der Waals surface area (Å²) in [6.07, 6.45) is 0. The highest BCUT2D eigenvalue weighted by molar-refractivity contribution is 6.01. The molecule has 0 aliphatic rings. The molecule has 0 bridgehead atoms. The molecule has 0 radical (unpaired) electrons. The highest BCUT2D eigenvalue weighted by atomic mass is 16.6. The molecule has 0 heterocycles. The Morgan fingerprint density at radius 2 is 1.88 bits per heavy atom. The van der Waals surface area contributed by atoms with E-state index in [9.17, 15) is 14.7 Å². The first kappa shape index (κ1) is 12.0. The van der Waals surface area contributed by atoms with Crippen molar-refractivity contribution < 1.29 is 24.6 Å². The number of hydroxylamine groups is 1. The Morgan fingerprint density at radius 3 is 2.38 bits per heavy atom. The molecule has 6 nitrogen and oxygen atoms in total. The molecule has 3 N–H and O–H groups in total. The Morgan fingerprint density at radius 1 is 1.31 bits per heavy atom. The summed E-state index contributed by atoms with van der Waals surface area (Å²) < 4.78 is 0. The lowest BCUT2D eigenvalue weighted by Crippen LogP contribution is -2.22. The van der Waals surface area contributed by atoms with Gasteiger partial charge in [0.1, 0.15) is 11.3 Å². The van der Waals surface area contributed by atoms with Crippen LogP contribution in [0, 0.1) is 6.92 Å². The standard InChI is InChI=1S/C10H11NO5/c1-5-3-6(9(13)11-16-2)8(12)7(4-5)10(14)15/h3-4,12H,1-2H3,(H,11,13)(H,14,15). The third kappa shape index (κ3) is 2.29. The fourth-order valence-electron chi connectivity index (χ4n) is 1.26. The van der Waals surface area contributed by atoms with Crippen molar-refractivity contribution in [1.82, 2.24) is 5.48 Å². The molecule has 0 spiro atoms. The summed E-state index contributed by atoms with van der Waals surface area (Å²) in [4.78, 5) is 26.6. The molecule has 1 aromatic carbocycles. The molecule has 0 aliphatic carbocycles. The van der Waals surface area contributed by atoms with Crippen LogP contribution in [0.4, 0.5) is 0 Å². The highest BCUT2D eigenvalue weighted by Crippen LogP contribution is 2.24. The second-order valence-corrected chi connectivity index (χ2v) is 3.15. The lowest BCUT2D eigenvalue weighted by atomic mass is 10.0. The molecule has 16 heavy (non-hydrogen) atoms. The number of amides is 1. The van der Waals surface area contributed by atoms with Crippen LogP contribution >= 0.6 is 0 Å². The van der Waals surface area contributed by atoms with E-state index >= 15 is 0 Å². The van der Waals surface area contributed by atoms with Crippen molar-refractivity contribution in [3.05, 3.63) is 28.8 Å². The van der Waals surface area contributed by atoms with Gasteiger partial charge in [-0.25, -0.2) is 10.3 Å². The maximum absolute atomic E-state index is 11.4. The van der Waals surface area contributed by atoms with Gasteiger partial charge in [-0.1, -0.05) is 0 Å². The molecule has 86 valence electrons. The summed E-state index contributed by atoms with van der Waals surface area (Å²) in [5, 5.41) is 18.4. The fraction of sp³-hybridized carbons (Fsp3) is 0.200. The minimum absolute atomic E-state index is 0.140. The highest BCUT2D eigenvalue weighted by Gasteiger charge is 2.19. The third-order valence-electron chi connectivity index (χ3n) is 1.92. The maximum atomic E-state index is 11.4. The van der Waals surface area contributed by atoms with Gasteiger partial charge in [0.2, 0.25) is 0 Å². The van der Waals surface area contributed by atoms with Crippen LogP contribution in [0.5, 0.6) is 5.75 Å². The molecular weight excluding hydrogens is 214 g/mol. The predicted octanol–water partition coefficient (Wildman–Crippen LogP) is 0.690. The molecule has 1 amide bonds. The smallest absolute Gasteiger partial charge is 0.339 e. The van der Waals surface area contributed by atoms with E-state index in [2.05, 4.69) is 4.84 Å². The number of aromatic hydroxyl groups is 1. The average molecular weight is 225 g/mol. The molecule has 0 saturated heterocycles. The Kier molecular flexibility index (Phi) is 3.47. The van der Waals surface area contributed by atoms with E-state index in [-0.39, 0.29) is 11.1 Å². The van der Waals surface area contributed by atoms with Crippen LogP contribution < -0.4 is 5.48 Å². The van der Waals surface area contributed by atoms with E-state index in [0.29, 0.717) is 5.56 Å². The SMILES string of the molecule is CONC(=O)c1cc(C)cc(C(=O)O)c1O. The number of aryl methyl sites for hydroxylation is 1. The van der Waals surface area contributed by atoms with Gasteiger partial charge in [-0.05, 0) is 24.6 Å². The van der Waals surface area contributed by atoms with Crippen molar-refractivity contribution in [3.63, 3.8) is 0 Å². The number of rotatable bonds is 3. The van der Waals surface area contributed by atoms with Crippen molar-refractivity contribution >= 4 is 11.9 Å². The van der Waals surface area contributed by atoms with Crippen molar-refractivity contribution in [2.75, 3.05) is 7.11 Å². The van der Waals surface area contributed by atoms with Gasteiger partial charge < -0.3 is 10.2 Å². The van der Waals surface area contributed by atoms with E-state index in [1.54, 1.807) is 6.92 Å². The fourth-order valence-corrected chi connectivity index (χ4v) is 1.26. The van der Waals surface area contributed by atoms with Crippen LogP contribution in [-0.2, 0) is 4.84 Å². The van der Waals surface area contributed by atoms with Gasteiger partial charge >= 0.3 is 5.97 Å². The molecule has 0 fully saturated rings. The number of aromatic carboxylic acids is 1. The first-order chi connectivity index (χ1) is 7.47. The first-order valence-electron chi connectivity index (χ1n) is 4.37. The number of carbonyl (C=O) groups excluding carboxylic acids is 1. The number of hydrogen-bond donors (Lipinski definition) is 3. The Bertz CT molecular complexity index is 441. The van der Waals surface area contributed by atoms with Crippen molar-refractivity contribution in [2.45, 2.75) is 6.92 Å². The van der Waals surface area contributed by atoms with Crippen LogP contribution in [-0.4, -0.2) is 29.2 Å². The molecular formula is C10H11NO5. The third-order valence-corrected chi connectivity index (χ3v) is 1.92. The number of carboxylic acid groups (broad SMARTS) is 1. The van der Waals surface area contributed by atoms with Crippen LogP contribution in [0.25, 0.3) is 0 Å². The summed E-state index contributed by atoms with van der Waals surface area (Å²) in [5.41, 5.74) is 2.10. The number of hydrogen-bond acceptors (Lipinski definition) is 4. The molecule has 0 unspecified atom stereocenters. The van der Waals surface area contributed by atoms with Crippen LogP contribution in [0.2, 0.25) is 0 Å². The van der Waals surface area contributed by atoms with Gasteiger partial charge in [-0.2, -0.15) is 0 Å². The zero-order valence-corrected chi connectivity index (χ0v) is 8.77. The van der Waals surface area contributed by atoms with Crippen LogP contribution in [0.15, 0.2) is 12.1 Å². The van der Waals surface area contributed by atoms with Crippen molar-refractivity contribution in [3.8, 4) is 5.75 Å². The number of carbonyl (C=O) groups is 2. The van der Waals surface area contributed by atoms with E-state index < -0.39 is 17.6 Å². The van der Waals surface area contributed by atoms with Crippen LogP contribution in [0.3, 0.4) is 0 Å². The van der Waals surface area contributed by atoms with Gasteiger partial charge in [0, 0.05) is 0 Å². The number of benzene rings is 1. The van der Waals surface area contributed by atoms with Gasteiger partial charge in [0.25, 0.3) is 5.91 Å². The predicted molar refractivity (Wildman–Crippen MR) is 54.3 cm³/mol. The number of nitrogens with one attached hydrogen (secondary N) is 1. The minimum atomic E-state index is -1.30. The largest absolute Gasteiger partial charge is 0.506 e. The van der Waals surface area contributed by atoms with E-state index in [1.165, 1.54) is 19.2 Å². The van der Waals surface area contributed by atoms with Crippen molar-refractivity contribution in [2.24, 2.45) is 0 Å². The summed E-state index contributed by atoms with van der Waals surface area (Å²) in [7, 11) is 1.24. The molecule has 1 rings (SSSR count). The van der Waals surface area contributed by atoms with Gasteiger partial charge in [0.05, 0.1) is 12.7 Å². The monoisotopic (exact) mass is 225 g/mol. The summed E-state index contributed by atoms with van der Waals surface area (Å²) in [6, 6.07) is 2.65. The number of phenols is 1. The van der Waals surface area contributed by atoms with E-state index in [0.717, 1.165) is 0 Å². The molecule has 1 aromatic rings. The van der Waals surface area contributed by atoms with Crippen LogP contribution in [0.1, 0.15) is 26.3 Å². The summed E-state index contributed by atoms with van der Waals surface area (Å²) >= 11 is 0. The van der Waals surface area contributed by atoms with Gasteiger partial charge in [-0.15, -0.1) is 0 Å². The Labute approximate surface area is 91.4 Å². The molecule has 0 atom stereocenters. The Hall–Kier alpha value is -2.08. The molecule has 0 saturated carbocycles. The second-order valence-electron chi connectivity index (χ2n) is 3.15. The minimum Gasteiger partial charge on any atom is -0.506 e. The normalized spacial score (nSPS) is 9.88. The molecule has 0 aliphatic heterocycles. The zero-order valence-electron chi connectivity index (χ0n) is 8.77. The first-order valence-corrected chi connectivity index (χ1v) is 4.37. The summed E-state index contributed by atoms with van der Waals surface area (Å²) in [6.45, 7) is 1.62. The van der Waals surface area contributed by atoms with Crippen molar-refractivity contribution in [1.29, 1.82) is 0 Å². The second kappa shape index (κ2) is 4.63. The quantitative estimate of drug-likeness (QED) is 0.658. The average Bonchev–Trinajstić information content (AvgIpc) is 2.20. The van der Waals surface area contributed by atoms with E-state index in [4.69, 9.17) is 5.11 Å². The molecule has 6 heteroatoms. The topological polar surface area (TPSA) is 95.9 Å². The lowest BCUT2D eigenvalue weighted by molar-refractivity contribution is 0.0535. The van der Waals surface area contributed by atoms with Gasteiger partial charge in [-0.3, -0.25) is 9.63 Å². The molecule has 0 aromatic heterocycles. The lowest BCUT2D eigenvalue weighted by Gasteiger charge is -2.08.